The molecule has 1 heterocycles. The summed E-state index contributed by atoms with van der Waals surface area (Å²) in [5, 5.41) is 21.6. The van der Waals surface area contributed by atoms with Crippen LogP contribution in [0.5, 0.6) is 5.75 Å². The van der Waals surface area contributed by atoms with Gasteiger partial charge >= 0.3 is 0 Å². The predicted molar refractivity (Wildman–Crippen MR) is 98.1 cm³/mol. The number of aromatic nitrogens is 1. The number of fused-ring (bicyclic) bond motifs is 1. The summed E-state index contributed by atoms with van der Waals surface area (Å²) in [4.78, 5) is 25.3. The van der Waals surface area contributed by atoms with Gasteiger partial charge in [-0.05, 0) is 55.8 Å². The number of aromatic hydroxyl groups is 1. The van der Waals surface area contributed by atoms with Gasteiger partial charge in [0.05, 0.1) is 11.4 Å². The second-order valence-corrected chi connectivity index (χ2v) is 6.39. The Kier molecular flexibility index (Phi) is 5.15. The number of nitrogens with zero attached hydrogens (tertiary/aromatic N) is 1. The van der Waals surface area contributed by atoms with E-state index in [2.05, 4.69) is 5.32 Å². The minimum atomic E-state index is -1.14. The fourth-order valence-electron chi connectivity index (χ4n) is 3.36. The predicted octanol–water partition coefficient (Wildman–Crippen LogP) is 2.79. The fourth-order valence-corrected chi connectivity index (χ4v) is 3.36. The third-order valence-corrected chi connectivity index (χ3v) is 4.69. The number of amides is 1. The van der Waals surface area contributed by atoms with Crippen LogP contribution in [0.25, 0.3) is 10.9 Å². The molecule has 3 aromatic rings. The van der Waals surface area contributed by atoms with Gasteiger partial charge in [0.15, 0.2) is 11.6 Å². The zero-order chi connectivity index (χ0) is 20.6. The molecule has 1 amide bonds. The van der Waals surface area contributed by atoms with Crippen molar-refractivity contribution >= 4 is 22.7 Å². The first-order valence-electron chi connectivity index (χ1n) is 8.48. The van der Waals surface area contributed by atoms with Crippen LogP contribution in [0.1, 0.15) is 34.5 Å². The van der Waals surface area contributed by atoms with Gasteiger partial charge in [0.2, 0.25) is 5.91 Å². The van der Waals surface area contributed by atoms with Crippen molar-refractivity contribution in [2.75, 3.05) is 6.73 Å². The number of rotatable bonds is 4. The van der Waals surface area contributed by atoms with Gasteiger partial charge in [-0.3, -0.25) is 14.2 Å². The number of nitrogens with one attached hydrogen (secondary N) is 1. The molecule has 3 N–H and O–H groups in total. The Labute approximate surface area is 159 Å². The molecule has 28 heavy (non-hydrogen) atoms. The quantitative estimate of drug-likeness (QED) is 0.600. The molecule has 0 unspecified atom stereocenters. The molecule has 1 atom stereocenters. The highest BCUT2D eigenvalue weighted by atomic mass is 19.2. The SMILES string of the molecule is Cc1c([C@H](C)C(=O)NCO)c2cc(O)ccc2n1C(=O)c1ccc(F)c(F)c1. The minimum absolute atomic E-state index is 0.0547. The highest BCUT2D eigenvalue weighted by molar-refractivity contribution is 6.05. The smallest absolute Gasteiger partial charge is 0.262 e. The number of halogens is 2. The summed E-state index contributed by atoms with van der Waals surface area (Å²) in [5.41, 5.74) is 1.23. The number of hydrogen-bond acceptors (Lipinski definition) is 4. The van der Waals surface area contributed by atoms with Crippen LogP contribution in [0.4, 0.5) is 8.78 Å². The third kappa shape index (κ3) is 3.22. The van der Waals surface area contributed by atoms with Gasteiger partial charge in [-0.25, -0.2) is 8.78 Å². The maximum atomic E-state index is 13.6. The van der Waals surface area contributed by atoms with Crippen LogP contribution in [0.3, 0.4) is 0 Å². The Hall–Kier alpha value is -3.26. The molecular formula is C20H18F2N2O4. The summed E-state index contributed by atoms with van der Waals surface area (Å²) in [5.74, 6) is -4.07. The normalized spacial score (nSPS) is 12.2. The van der Waals surface area contributed by atoms with Crippen LogP contribution in [-0.2, 0) is 4.79 Å². The Bertz CT molecular complexity index is 1090. The van der Waals surface area contributed by atoms with Gasteiger partial charge in [-0.15, -0.1) is 0 Å². The zero-order valence-corrected chi connectivity index (χ0v) is 15.2. The van der Waals surface area contributed by atoms with Crippen molar-refractivity contribution in [3.05, 3.63) is 64.9 Å². The van der Waals surface area contributed by atoms with Crippen LogP contribution < -0.4 is 5.32 Å². The maximum Gasteiger partial charge on any atom is 0.262 e. The van der Waals surface area contributed by atoms with Crippen molar-refractivity contribution in [3.8, 4) is 5.75 Å². The van der Waals surface area contributed by atoms with Crippen molar-refractivity contribution < 1.29 is 28.6 Å². The lowest BCUT2D eigenvalue weighted by Gasteiger charge is -2.12. The number of phenols is 1. The first-order chi connectivity index (χ1) is 13.3. The molecule has 6 nitrogen and oxygen atoms in total. The number of carbonyl (C=O) groups is 2. The van der Waals surface area contributed by atoms with Crippen molar-refractivity contribution in [2.24, 2.45) is 0 Å². The van der Waals surface area contributed by atoms with E-state index in [1.807, 2.05) is 0 Å². The maximum absolute atomic E-state index is 13.6. The number of carbonyl (C=O) groups excluding carboxylic acids is 2. The molecule has 0 spiro atoms. The van der Waals surface area contributed by atoms with Crippen LogP contribution in [0.15, 0.2) is 36.4 Å². The largest absolute Gasteiger partial charge is 0.508 e. The second kappa shape index (κ2) is 7.40. The molecule has 1 aromatic heterocycles. The number of aliphatic hydroxyl groups excluding tert-OH is 1. The number of benzene rings is 2. The van der Waals surface area contributed by atoms with Crippen LogP contribution in [0, 0.1) is 18.6 Å². The second-order valence-electron chi connectivity index (χ2n) is 6.39. The molecule has 2 aromatic carbocycles. The standard InChI is InChI=1S/C20H18F2N2O4/c1-10(19(27)23-9-25)18-11(2)24(17-6-4-13(26)8-14(17)18)20(28)12-3-5-15(21)16(22)7-12/h3-8,10,25-26H,9H2,1-2H3,(H,23,27)/t10-/m0/s1. The first kappa shape index (κ1) is 19.5. The molecular weight excluding hydrogens is 370 g/mol. The molecule has 146 valence electrons. The summed E-state index contributed by atoms with van der Waals surface area (Å²) in [6.07, 6.45) is 0. The Morgan fingerprint density at radius 2 is 1.86 bits per heavy atom. The van der Waals surface area contributed by atoms with E-state index < -0.39 is 36.1 Å². The highest BCUT2D eigenvalue weighted by Gasteiger charge is 2.27. The van der Waals surface area contributed by atoms with Crippen molar-refractivity contribution in [3.63, 3.8) is 0 Å². The van der Waals surface area contributed by atoms with Gasteiger partial charge in [-0.1, -0.05) is 0 Å². The molecule has 0 fully saturated rings. The molecule has 3 rings (SSSR count). The molecule has 8 heteroatoms. The van der Waals surface area contributed by atoms with Gasteiger partial charge < -0.3 is 15.5 Å². The van der Waals surface area contributed by atoms with E-state index in [4.69, 9.17) is 5.11 Å². The summed E-state index contributed by atoms with van der Waals surface area (Å²) in [7, 11) is 0. The average Bonchev–Trinajstić information content (AvgIpc) is 2.94. The first-order valence-corrected chi connectivity index (χ1v) is 8.48. The molecule has 0 saturated heterocycles. The topological polar surface area (TPSA) is 91.6 Å². The average molecular weight is 388 g/mol. The summed E-state index contributed by atoms with van der Waals surface area (Å²) in [6, 6.07) is 7.18. The fraction of sp³-hybridized carbons (Fsp3) is 0.200. The monoisotopic (exact) mass is 388 g/mol. The number of aliphatic hydroxyl groups is 1. The van der Waals surface area contributed by atoms with E-state index >= 15 is 0 Å². The zero-order valence-electron chi connectivity index (χ0n) is 15.2. The van der Waals surface area contributed by atoms with Crippen molar-refractivity contribution in [2.45, 2.75) is 19.8 Å². The molecule has 0 aliphatic rings. The van der Waals surface area contributed by atoms with Crippen LogP contribution >= 0.6 is 0 Å². The van der Waals surface area contributed by atoms with Crippen LogP contribution in [0.2, 0.25) is 0 Å². The summed E-state index contributed by atoms with van der Waals surface area (Å²) < 4.78 is 28.1. The Balaban J connectivity index is 2.23. The van der Waals surface area contributed by atoms with Crippen molar-refractivity contribution in [1.82, 2.24) is 9.88 Å². The van der Waals surface area contributed by atoms with E-state index in [1.54, 1.807) is 13.8 Å². The molecule has 0 radical (unpaired) electrons. The molecule has 0 aliphatic carbocycles. The lowest BCUT2D eigenvalue weighted by atomic mass is 9.97. The van der Waals surface area contributed by atoms with Crippen LogP contribution in [-0.4, -0.2) is 33.3 Å². The van der Waals surface area contributed by atoms with Gasteiger partial charge in [0, 0.05) is 16.6 Å². The summed E-state index contributed by atoms with van der Waals surface area (Å²) >= 11 is 0. The van der Waals surface area contributed by atoms with E-state index in [0.29, 0.717) is 22.2 Å². The van der Waals surface area contributed by atoms with E-state index in [0.717, 1.165) is 12.1 Å². The molecule has 0 bridgehead atoms. The van der Waals surface area contributed by atoms with E-state index in [-0.39, 0.29) is 11.3 Å². The highest BCUT2D eigenvalue weighted by Crippen LogP contribution is 2.34. The Morgan fingerprint density at radius 3 is 2.50 bits per heavy atom. The van der Waals surface area contributed by atoms with E-state index in [1.165, 1.54) is 28.8 Å². The lowest BCUT2D eigenvalue weighted by molar-refractivity contribution is -0.123. The summed E-state index contributed by atoms with van der Waals surface area (Å²) in [6.45, 7) is 2.68. The molecule has 0 saturated carbocycles. The number of phenolic OH excluding ortho intramolecular Hbond substituents is 1. The van der Waals surface area contributed by atoms with Crippen molar-refractivity contribution in [1.29, 1.82) is 0 Å². The number of hydrogen-bond donors (Lipinski definition) is 3. The minimum Gasteiger partial charge on any atom is -0.508 e. The van der Waals surface area contributed by atoms with Gasteiger partial charge in [-0.2, -0.15) is 0 Å². The lowest BCUT2D eigenvalue weighted by Crippen LogP contribution is -2.29. The van der Waals surface area contributed by atoms with Gasteiger partial charge in [0.1, 0.15) is 12.5 Å². The molecule has 0 aliphatic heterocycles. The Morgan fingerprint density at radius 1 is 1.14 bits per heavy atom. The van der Waals surface area contributed by atoms with E-state index in [9.17, 15) is 23.5 Å². The van der Waals surface area contributed by atoms with Gasteiger partial charge in [0.25, 0.3) is 5.91 Å². The third-order valence-electron chi connectivity index (χ3n) is 4.69.